The van der Waals surface area contributed by atoms with Gasteiger partial charge < -0.3 is 14.2 Å². The maximum absolute atomic E-state index is 13.7. The van der Waals surface area contributed by atoms with Crippen molar-refractivity contribution in [2.45, 2.75) is 19.4 Å². The fourth-order valence-electron chi connectivity index (χ4n) is 3.94. The topological polar surface area (TPSA) is 79.1 Å². The average Bonchev–Trinajstić information content (AvgIpc) is 3.18. The van der Waals surface area contributed by atoms with Crippen molar-refractivity contribution in [2.75, 3.05) is 21.3 Å². The van der Waals surface area contributed by atoms with Crippen molar-refractivity contribution in [1.82, 2.24) is 4.57 Å². The smallest absolute Gasteiger partial charge is 0.338 e. The molecule has 1 atom stereocenters. The number of aromatic nitrogens is 1. The summed E-state index contributed by atoms with van der Waals surface area (Å²) in [5, 5.41) is 0. The van der Waals surface area contributed by atoms with E-state index in [2.05, 4.69) is 20.9 Å². The molecule has 7 nitrogen and oxygen atoms in total. The number of benzene rings is 2. The Bertz CT molecular complexity index is 1460. The normalized spacial score (nSPS) is 15.6. The fraction of sp³-hybridized carbons (Fsp3) is 0.240. The monoisotopic (exact) mass is 542 g/mol. The predicted molar refractivity (Wildman–Crippen MR) is 134 cm³/mol. The Labute approximate surface area is 208 Å². The summed E-state index contributed by atoms with van der Waals surface area (Å²) in [6, 6.07) is 12.4. The van der Waals surface area contributed by atoms with Crippen LogP contribution in [0.15, 0.2) is 68.0 Å². The molecule has 0 bridgehead atoms. The lowest BCUT2D eigenvalue weighted by atomic mass is 9.95. The highest BCUT2D eigenvalue weighted by Crippen LogP contribution is 2.34. The Hall–Kier alpha value is -3.17. The lowest BCUT2D eigenvalue weighted by molar-refractivity contribution is -0.136. The minimum atomic E-state index is -0.629. The van der Waals surface area contributed by atoms with Gasteiger partial charge in [0.2, 0.25) is 0 Å². The van der Waals surface area contributed by atoms with Gasteiger partial charge in [-0.1, -0.05) is 64.5 Å². The van der Waals surface area contributed by atoms with E-state index in [-0.39, 0.29) is 5.56 Å². The van der Waals surface area contributed by atoms with Crippen LogP contribution in [0.5, 0.6) is 11.5 Å². The molecule has 3 aromatic rings. The molecule has 176 valence electrons. The van der Waals surface area contributed by atoms with Crippen molar-refractivity contribution in [3.63, 3.8) is 0 Å². The van der Waals surface area contributed by atoms with E-state index in [0.29, 0.717) is 38.5 Å². The molecule has 2 aromatic carbocycles. The Morgan fingerprint density at radius 1 is 1.15 bits per heavy atom. The first-order chi connectivity index (χ1) is 16.4. The third-order valence-corrected chi connectivity index (χ3v) is 7.22. The molecule has 0 N–H and O–H groups in total. The van der Waals surface area contributed by atoms with E-state index in [1.54, 1.807) is 37.0 Å². The second kappa shape index (κ2) is 9.99. The van der Waals surface area contributed by atoms with E-state index in [4.69, 9.17) is 14.2 Å². The number of fused-ring (bicyclic) bond motifs is 1. The highest BCUT2D eigenvalue weighted by molar-refractivity contribution is 9.10. The van der Waals surface area contributed by atoms with E-state index in [0.717, 1.165) is 15.6 Å². The Kier molecular flexibility index (Phi) is 7.04. The lowest BCUT2D eigenvalue weighted by Gasteiger charge is -2.25. The molecule has 0 spiro atoms. The molecule has 4 rings (SSSR count). The van der Waals surface area contributed by atoms with Crippen LogP contribution in [0.3, 0.4) is 0 Å². The second-order valence-electron chi connectivity index (χ2n) is 7.43. The molecule has 1 aliphatic rings. The number of esters is 1. The van der Waals surface area contributed by atoms with Crippen LogP contribution in [0.1, 0.15) is 30.5 Å². The highest BCUT2D eigenvalue weighted by Gasteiger charge is 2.33. The third-order valence-electron chi connectivity index (χ3n) is 5.56. The van der Waals surface area contributed by atoms with Crippen molar-refractivity contribution in [2.24, 2.45) is 4.99 Å². The summed E-state index contributed by atoms with van der Waals surface area (Å²) in [4.78, 5) is 31.7. The number of rotatable bonds is 6. The minimum absolute atomic E-state index is 0.240. The van der Waals surface area contributed by atoms with Gasteiger partial charge in [-0.15, -0.1) is 0 Å². The molecule has 0 amide bonds. The zero-order chi connectivity index (χ0) is 24.4. The lowest BCUT2D eigenvalue weighted by Crippen LogP contribution is -2.40. The summed E-state index contributed by atoms with van der Waals surface area (Å²) in [5.74, 6) is 0.631. The summed E-state index contributed by atoms with van der Waals surface area (Å²) in [6.07, 6.45) is 2.31. The van der Waals surface area contributed by atoms with Crippen molar-refractivity contribution in [3.05, 3.63) is 89.0 Å². The predicted octanol–water partition coefficient (Wildman–Crippen LogP) is 3.58. The standard InChI is InChI=1S/C25H23BrN2O5S/c1-5-17-21(24(30)33-4)22(14-9-7-6-8-10-14)28-23(29)20(34-25(28)27-17)12-15-11-18(31-2)19(32-3)13-16(15)26/h6-13,22H,5H2,1-4H3/b20-12-/t22-/m1/s1. The molecule has 0 unspecified atom stereocenters. The van der Waals surface area contributed by atoms with Crippen LogP contribution < -0.4 is 24.4 Å². The SMILES string of the molecule is CCC1=C(C(=O)OC)[C@@H](c2ccccc2)n2c(s/c(=C\c3cc(OC)c(OC)cc3Br)c2=O)=N1. The van der Waals surface area contributed by atoms with E-state index < -0.39 is 12.0 Å². The number of carbonyl (C=O) groups is 1. The maximum atomic E-state index is 13.7. The van der Waals surface area contributed by atoms with Gasteiger partial charge in [0.25, 0.3) is 5.56 Å². The van der Waals surface area contributed by atoms with Crippen LogP contribution in [0, 0.1) is 0 Å². The van der Waals surface area contributed by atoms with E-state index >= 15 is 0 Å². The quantitative estimate of drug-likeness (QED) is 0.445. The van der Waals surface area contributed by atoms with Crippen LogP contribution >= 0.6 is 27.3 Å². The number of hydrogen-bond donors (Lipinski definition) is 0. The molecule has 1 aliphatic heterocycles. The molecule has 34 heavy (non-hydrogen) atoms. The van der Waals surface area contributed by atoms with Gasteiger partial charge in [0.15, 0.2) is 16.3 Å². The van der Waals surface area contributed by atoms with Crippen molar-refractivity contribution < 1.29 is 19.0 Å². The molecule has 2 heterocycles. The van der Waals surface area contributed by atoms with Gasteiger partial charge in [0.05, 0.1) is 43.2 Å². The maximum Gasteiger partial charge on any atom is 0.338 e. The number of thiazole rings is 1. The fourth-order valence-corrected chi connectivity index (χ4v) is 5.38. The van der Waals surface area contributed by atoms with Gasteiger partial charge in [0.1, 0.15) is 0 Å². The van der Waals surface area contributed by atoms with Crippen molar-refractivity contribution in [3.8, 4) is 11.5 Å². The molecular weight excluding hydrogens is 520 g/mol. The Morgan fingerprint density at radius 2 is 1.82 bits per heavy atom. The van der Waals surface area contributed by atoms with Crippen LogP contribution in [0.25, 0.3) is 6.08 Å². The molecular formula is C25H23BrN2O5S. The first kappa shape index (κ1) is 24.0. The van der Waals surface area contributed by atoms with Crippen LogP contribution in [0.4, 0.5) is 0 Å². The molecule has 0 saturated carbocycles. The largest absolute Gasteiger partial charge is 0.493 e. The van der Waals surface area contributed by atoms with Gasteiger partial charge in [-0.25, -0.2) is 9.79 Å². The van der Waals surface area contributed by atoms with E-state index in [9.17, 15) is 9.59 Å². The number of ether oxygens (including phenoxy) is 3. The third kappa shape index (κ3) is 4.21. The van der Waals surface area contributed by atoms with Gasteiger partial charge in [-0.2, -0.15) is 0 Å². The van der Waals surface area contributed by atoms with Crippen LogP contribution in [-0.2, 0) is 9.53 Å². The molecule has 9 heteroatoms. The van der Waals surface area contributed by atoms with Gasteiger partial charge in [-0.05, 0) is 35.8 Å². The number of hydrogen-bond acceptors (Lipinski definition) is 7. The first-order valence-electron chi connectivity index (χ1n) is 10.5. The van der Waals surface area contributed by atoms with E-state index in [1.165, 1.54) is 18.4 Å². The number of methoxy groups -OCH3 is 3. The van der Waals surface area contributed by atoms with Gasteiger partial charge in [0, 0.05) is 4.47 Å². The molecule has 0 aliphatic carbocycles. The van der Waals surface area contributed by atoms with Crippen LogP contribution in [-0.4, -0.2) is 31.9 Å². The van der Waals surface area contributed by atoms with Gasteiger partial charge in [-0.3, -0.25) is 9.36 Å². The number of nitrogens with zero attached hydrogens (tertiary/aromatic N) is 2. The van der Waals surface area contributed by atoms with E-state index in [1.807, 2.05) is 37.3 Å². The summed E-state index contributed by atoms with van der Waals surface area (Å²) in [6.45, 7) is 1.93. The minimum Gasteiger partial charge on any atom is -0.493 e. The summed E-state index contributed by atoms with van der Waals surface area (Å²) < 4.78 is 18.7. The Balaban J connectivity index is 1.99. The summed E-state index contributed by atoms with van der Waals surface area (Å²) in [5.41, 5.74) is 2.31. The zero-order valence-electron chi connectivity index (χ0n) is 19.1. The first-order valence-corrected chi connectivity index (χ1v) is 12.1. The van der Waals surface area contributed by atoms with Crippen LogP contribution in [0.2, 0.25) is 0 Å². The number of allylic oxidation sites excluding steroid dienone is 1. The van der Waals surface area contributed by atoms with Gasteiger partial charge >= 0.3 is 5.97 Å². The number of halogens is 1. The molecule has 0 fully saturated rings. The Morgan fingerprint density at radius 3 is 2.44 bits per heavy atom. The molecule has 0 saturated heterocycles. The summed E-state index contributed by atoms with van der Waals surface area (Å²) in [7, 11) is 4.46. The molecule has 1 aromatic heterocycles. The van der Waals surface area contributed by atoms with Crippen molar-refractivity contribution in [1.29, 1.82) is 0 Å². The number of carbonyl (C=O) groups excluding carboxylic acids is 1. The highest BCUT2D eigenvalue weighted by atomic mass is 79.9. The molecule has 0 radical (unpaired) electrons. The average molecular weight is 543 g/mol. The second-order valence-corrected chi connectivity index (χ2v) is 9.29. The zero-order valence-corrected chi connectivity index (χ0v) is 21.5. The summed E-state index contributed by atoms with van der Waals surface area (Å²) >= 11 is 4.83. The van der Waals surface area contributed by atoms with Crippen molar-refractivity contribution >= 4 is 39.3 Å².